The minimum absolute atomic E-state index is 0.0332. The lowest BCUT2D eigenvalue weighted by molar-refractivity contribution is -0.116. The first-order chi connectivity index (χ1) is 17.2. The zero-order valence-electron chi connectivity index (χ0n) is 20.6. The van der Waals surface area contributed by atoms with Gasteiger partial charge < -0.3 is 24.1 Å². The number of nitrogens with one attached hydrogen (secondary N) is 1. The summed E-state index contributed by atoms with van der Waals surface area (Å²) in [6.07, 6.45) is 6.20. The third-order valence-corrected chi connectivity index (χ3v) is 6.36. The number of rotatable bonds is 11. The number of sulfonamides is 1. The highest BCUT2D eigenvalue weighted by molar-refractivity contribution is 7.90. The number of nitrogens with zero attached hydrogens (tertiary/aromatic N) is 2. The van der Waals surface area contributed by atoms with Crippen molar-refractivity contribution in [1.29, 1.82) is 0 Å². The summed E-state index contributed by atoms with van der Waals surface area (Å²) in [5, 5.41) is 2.81. The van der Waals surface area contributed by atoms with E-state index in [4.69, 9.17) is 13.9 Å². The van der Waals surface area contributed by atoms with Gasteiger partial charge >= 0.3 is 0 Å². The predicted molar refractivity (Wildman–Crippen MR) is 139 cm³/mol. The van der Waals surface area contributed by atoms with Gasteiger partial charge in [0.05, 0.1) is 20.5 Å². The van der Waals surface area contributed by atoms with Crippen LogP contribution in [0.1, 0.15) is 11.1 Å². The van der Waals surface area contributed by atoms with Gasteiger partial charge in [0.15, 0.2) is 0 Å². The summed E-state index contributed by atoms with van der Waals surface area (Å²) in [5.74, 6) is 1.37. The molecule has 1 heterocycles. The monoisotopic (exact) mass is 511 g/mol. The summed E-state index contributed by atoms with van der Waals surface area (Å²) in [7, 11) is 2.50. The number of hydrogen-bond acceptors (Lipinski definition) is 6. The van der Waals surface area contributed by atoms with E-state index in [0.29, 0.717) is 35.8 Å². The molecule has 0 saturated carbocycles. The van der Waals surface area contributed by atoms with E-state index in [0.717, 1.165) is 11.1 Å². The number of ether oxygens (including phenoxy) is 2. The summed E-state index contributed by atoms with van der Waals surface area (Å²) in [4.78, 5) is 13.9. The normalized spacial score (nSPS) is 11.7. The minimum Gasteiger partial charge on any atom is -0.497 e. The third kappa shape index (κ3) is 6.98. The molecule has 0 aliphatic rings. The van der Waals surface area contributed by atoms with E-state index in [1.807, 2.05) is 0 Å². The van der Waals surface area contributed by atoms with Crippen molar-refractivity contribution >= 4 is 28.3 Å². The molecule has 0 fully saturated rings. The molecule has 0 radical (unpaired) electrons. The SMILES string of the molecule is COc1ccc(/C=C/C(=O)NCCc2ccc(-c3ccco3)c(S(=O)(=O)/N=C\N(C)C)c2)c(OC)c1. The van der Waals surface area contributed by atoms with Gasteiger partial charge in [0.25, 0.3) is 10.0 Å². The fourth-order valence-corrected chi connectivity index (χ4v) is 4.47. The molecule has 10 heteroatoms. The molecular weight excluding hydrogens is 482 g/mol. The van der Waals surface area contributed by atoms with Crippen molar-refractivity contribution in [2.24, 2.45) is 4.40 Å². The predicted octanol–water partition coefficient (Wildman–Crippen LogP) is 3.61. The second-order valence-electron chi connectivity index (χ2n) is 7.95. The third-order valence-electron chi connectivity index (χ3n) is 5.10. The number of carbonyl (C=O) groups excluding carboxylic acids is 1. The topological polar surface area (TPSA) is 110 Å². The van der Waals surface area contributed by atoms with E-state index >= 15 is 0 Å². The number of hydrogen-bond donors (Lipinski definition) is 1. The smallest absolute Gasteiger partial charge is 0.284 e. The van der Waals surface area contributed by atoms with Gasteiger partial charge in [0.1, 0.15) is 28.5 Å². The van der Waals surface area contributed by atoms with Crippen LogP contribution in [0.15, 0.2) is 74.6 Å². The fourth-order valence-electron chi connectivity index (χ4n) is 3.29. The van der Waals surface area contributed by atoms with Crippen LogP contribution < -0.4 is 14.8 Å². The molecule has 9 nitrogen and oxygen atoms in total. The highest BCUT2D eigenvalue weighted by atomic mass is 32.2. The Labute approximate surface area is 211 Å². The molecule has 1 N–H and O–H groups in total. The van der Waals surface area contributed by atoms with Crippen LogP contribution in [0.3, 0.4) is 0 Å². The second kappa shape index (κ2) is 12.1. The van der Waals surface area contributed by atoms with Crippen LogP contribution in [0.2, 0.25) is 0 Å². The zero-order chi connectivity index (χ0) is 26.1. The molecule has 0 atom stereocenters. The molecule has 36 heavy (non-hydrogen) atoms. The van der Waals surface area contributed by atoms with Gasteiger partial charge in [0, 0.05) is 43.9 Å². The van der Waals surface area contributed by atoms with Crippen molar-refractivity contribution < 1.29 is 27.1 Å². The van der Waals surface area contributed by atoms with Gasteiger partial charge in [-0.2, -0.15) is 8.42 Å². The van der Waals surface area contributed by atoms with Gasteiger partial charge in [-0.3, -0.25) is 4.79 Å². The standard InChI is InChI=1S/C26H29N3O6S/c1-29(2)18-28-36(31,32)25-16-19(7-11-22(25)23-6-5-15-35-23)13-14-27-26(30)12-9-20-8-10-21(33-3)17-24(20)34-4/h5-12,15-18H,13-14H2,1-4H3,(H,27,30)/b12-9+,28-18-. The molecule has 190 valence electrons. The lowest BCUT2D eigenvalue weighted by Gasteiger charge is -2.10. The van der Waals surface area contributed by atoms with Crippen LogP contribution in [0.4, 0.5) is 0 Å². The molecule has 1 aromatic heterocycles. The van der Waals surface area contributed by atoms with Crippen LogP contribution in [-0.4, -0.2) is 60.4 Å². The average Bonchev–Trinajstić information content (AvgIpc) is 3.41. The molecule has 3 aromatic rings. The van der Waals surface area contributed by atoms with Crippen molar-refractivity contribution in [2.75, 3.05) is 34.9 Å². The highest BCUT2D eigenvalue weighted by Crippen LogP contribution is 2.30. The summed E-state index contributed by atoms with van der Waals surface area (Å²) in [6, 6.07) is 13.7. The van der Waals surface area contributed by atoms with Crippen LogP contribution in [-0.2, 0) is 21.2 Å². The van der Waals surface area contributed by atoms with Crippen LogP contribution in [0, 0.1) is 0 Å². The lowest BCUT2D eigenvalue weighted by atomic mass is 10.1. The van der Waals surface area contributed by atoms with E-state index in [1.165, 1.54) is 18.7 Å². The summed E-state index contributed by atoms with van der Waals surface area (Å²) < 4.78 is 45.6. The Morgan fingerprint density at radius 1 is 1.11 bits per heavy atom. The molecule has 0 aliphatic carbocycles. The molecule has 0 saturated heterocycles. The maximum Gasteiger partial charge on any atom is 0.284 e. The van der Waals surface area contributed by atoms with E-state index in [1.54, 1.807) is 87.8 Å². The molecule has 0 bridgehead atoms. The fraction of sp³-hybridized carbons (Fsp3) is 0.231. The summed E-state index contributed by atoms with van der Waals surface area (Å²) in [6.45, 7) is 0.309. The Bertz CT molecular complexity index is 1350. The van der Waals surface area contributed by atoms with Crippen molar-refractivity contribution in [2.45, 2.75) is 11.3 Å². The number of amides is 1. The van der Waals surface area contributed by atoms with Crippen molar-refractivity contribution in [3.63, 3.8) is 0 Å². The van der Waals surface area contributed by atoms with Gasteiger partial charge in [-0.25, -0.2) is 0 Å². The van der Waals surface area contributed by atoms with E-state index < -0.39 is 10.0 Å². The zero-order valence-corrected chi connectivity index (χ0v) is 21.4. The number of carbonyl (C=O) groups is 1. The van der Waals surface area contributed by atoms with Crippen molar-refractivity contribution in [3.8, 4) is 22.8 Å². The molecule has 1 amide bonds. The molecular formula is C26H29N3O6S. The molecule has 0 spiro atoms. The van der Waals surface area contributed by atoms with Gasteiger partial charge in [-0.05, 0) is 54.5 Å². The summed E-state index contributed by atoms with van der Waals surface area (Å²) >= 11 is 0. The van der Waals surface area contributed by atoms with E-state index in [2.05, 4.69) is 9.71 Å². The second-order valence-corrected chi connectivity index (χ2v) is 9.55. The first-order valence-electron chi connectivity index (χ1n) is 11.0. The van der Waals surface area contributed by atoms with Gasteiger partial charge in [-0.15, -0.1) is 4.40 Å². The lowest BCUT2D eigenvalue weighted by Crippen LogP contribution is -2.23. The van der Waals surface area contributed by atoms with Crippen LogP contribution >= 0.6 is 0 Å². The van der Waals surface area contributed by atoms with E-state index in [-0.39, 0.29) is 10.8 Å². The largest absolute Gasteiger partial charge is 0.497 e. The molecule has 3 rings (SSSR count). The molecule has 0 unspecified atom stereocenters. The van der Waals surface area contributed by atoms with Crippen molar-refractivity contribution in [1.82, 2.24) is 10.2 Å². The number of furan rings is 1. The summed E-state index contributed by atoms with van der Waals surface area (Å²) in [5.41, 5.74) is 1.88. The first kappa shape index (κ1) is 26.6. The van der Waals surface area contributed by atoms with Crippen molar-refractivity contribution in [3.05, 3.63) is 72.0 Å². The highest BCUT2D eigenvalue weighted by Gasteiger charge is 2.20. The maximum atomic E-state index is 12.9. The van der Waals surface area contributed by atoms with Crippen LogP contribution in [0.25, 0.3) is 17.4 Å². The Balaban J connectivity index is 1.71. The first-order valence-corrected chi connectivity index (χ1v) is 12.5. The molecule has 0 aliphatic heterocycles. The van der Waals surface area contributed by atoms with Crippen LogP contribution in [0.5, 0.6) is 11.5 Å². The Morgan fingerprint density at radius 3 is 2.58 bits per heavy atom. The Hall–Kier alpha value is -4.05. The quantitative estimate of drug-likeness (QED) is 0.238. The average molecular weight is 512 g/mol. The Morgan fingerprint density at radius 2 is 1.92 bits per heavy atom. The maximum absolute atomic E-state index is 12.9. The number of benzene rings is 2. The van der Waals surface area contributed by atoms with Gasteiger partial charge in [-0.1, -0.05) is 6.07 Å². The number of methoxy groups -OCH3 is 2. The van der Waals surface area contributed by atoms with Gasteiger partial charge in [0.2, 0.25) is 5.91 Å². The Kier molecular flexibility index (Phi) is 8.91. The van der Waals surface area contributed by atoms with E-state index in [9.17, 15) is 13.2 Å². The minimum atomic E-state index is -3.98. The molecule has 2 aromatic carbocycles.